The largest absolute Gasteiger partial charge is 0.374 e. The van der Waals surface area contributed by atoms with Crippen LogP contribution in [-0.4, -0.2) is 37.1 Å². The Morgan fingerprint density at radius 2 is 0.956 bits per heavy atom. The van der Waals surface area contributed by atoms with Gasteiger partial charge in [-0.1, -0.05) is 140 Å². The molecule has 1 fully saturated rings. The molecule has 0 spiro atoms. The number of rotatable bonds is 16. The first-order valence-corrected chi connectivity index (χ1v) is 16.1. The lowest BCUT2D eigenvalue weighted by molar-refractivity contribution is -0.274. The van der Waals surface area contributed by atoms with Gasteiger partial charge in [0, 0.05) is 0 Å². The first-order valence-electron chi connectivity index (χ1n) is 16.1. The molecular weight excluding hydrogens is 560 g/mol. The number of hydrogen-bond acceptors (Lipinski definition) is 5. The van der Waals surface area contributed by atoms with E-state index in [0.717, 1.165) is 28.7 Å². The normalized spacial score (nSPS) is 22.4. The molecule has 4 aromatic rings. The Labute approximate surface area is 268 Å². The van der Waals surface area contributed by atoms with Crippen LogP contribution in [0.25, 0.3) is 0 Å². The fourth-order valence-electron chi connectivity index (χ4n) is 5.85. The minimum atomic E-state index is -0.418. The molecule has 1 heterocycles. The van der Waals surface area contributed by atoms with Crippen LogP contribution in [0, 0.1) is 5.92 Å². The van der Waals surface area contributed by atoms with E-state index in [1.165, 1.54) is 0 Å². The highest BCUT2D eigenvalue weighted by Gasteiger charge is 2.48. The summed E-state index contributed by atoms with van der Waals surface area (Å²) >= 11 is 0. The third-order valence-electron chi connectivity index (χ3n) is 8.10. The van der Waals surface area contributed by atoms with Crippen LogP contribution < -0.4 is 0 Å². The van der Waals surface area contributed by atoms with Gasteiger partial charge in [0.25, 0.3) is 0 Å². The number of benzene rings is 4. The highest BCUT2D eigenvalue weighted by Crippen LogP contribution is 2.34. The number of allylic oxidation sites excluding steroid dienone is 2. The zero-order valence-corrected chi connectivity index (χ0v) is 26.4. The van der Waals surface area contributed by atoms with Gasteiger partial charge in [-0.3, -0.25) is 0 Å². The van der Waals surface area contributed by atoms with Gasteiger partial charge in [0.2, 0.25) is 0 Å². The quantitative estimate of drug-likeness (QED) is 0.120. The predicted octanol–water partition coefficient (Wildman–Crippen LogP) is 8.33. The minimum Gasteiger partial charge on any atom is -0.374 e. The summed E-state index contributed by atoms with van der Waals surface area (Å²) in [7, 11) is 0. The van der Waals surface area contributed by atoms with E-state index in [9.17, 15) is 0 Å². The molecule has 0 aromatic heterocycles. The Bertz CT molecular complexity index is 1380. The second kappa shape index (κ2) is 17.8. The van der Waals surface area contributed by atoms with Gasteiger partial charge in [-0.05, 0) is 41.5 Å². The molecule has 0 radical (unpaired) electrons. The maximum atomic E-state index is 6.94. The van der Waals surface area contributed by atoms with Gasteiger partial charge in [0.15, 0.2) is 0 Å². The van der Waals surface area contributed by atoms with E-state index < -0.39 is 6.10 Å². The highest BCUT2D eigenvalue weighted by atomic mass is 16.6. The summed E-state index contributed by atoms with van der Waals surface area (Å²) in [6.07, 6.45) is 3.38. The summed E-state index contributed by atoms with van der Waals surface area (Å²) in [5.74, 6) is 0.297. The van der Waals surface area contributed by atoms with Crippen LogP contribution in [0.3, 0.4) is 0 Å². The SMILES string of the molecule is C/C=C\C(C)C[C@@H]1O[C@H](COCc2ccccc2)[C@@H](OCc2ccccc2)[C@H](OCc2ccccc2)[C@H]1OCc1ccccc1. The maximum absolute atomic E-state index is 6.94. The van der Waals surface area contributed by atoms with Crippen molar-refractivity contribution in [3.8, 4) is 0 Å². The summed E-state index contributed by atoms with van der Waals surface area (Å²) in [5, 5.41) is 0. The van der Waals surface area contributed by atoms with Gasteiger partial charge in [-0.15, -0.1) is 0 Å². The molecule has 5 heteroatoms. The second-order valence-electron chi connectivity index (χ2n) is 11.7. The summed E-state index contributed by atoms with van der Waals surface area (Å²) in [6.45, 7) is 6.47. The molecule has 0 aliphatic carbocycles. The van der Waals surface area contributed by atoms with Crippen molar-refractivity contribution in [1.82, 2.24) is 0 Å². The first kappa shape index (κ1) is 32.8. The van der Waals surface area contributed by atoms with Crippen molar-refractivity contribution in [3.63, 3.8) is 0 Å². The Morgan fingerprint density at radius 1 is 0.556 bits per heavy atom. The molecule has 0 N–H and O–H groups in total. The molecule has 45 heavy (non-hydrogen) atoms. The van der Waals surface area contributed by atoms with Crippen molar-refractivity contribution in [2.24, 2.45) is 5.92 Å². The van der Waals surface area contributed by atoms with E-state index in [1.54, 1.807) is 0 Å². The molecule has 1 unspecified atom stereocenters. The fraction of sp³-hybridized carbons (Fsp3) is 0.350. The van der Waals surface area contributed by atoms with Crippen LogP contribution >= 0.6 is 0 Å². The molecule has 6 atom stereocenters. The van der Waals surface area contributed by atoms with Gasteiger partial charge >= 0.3 is 0 Å². The van der Waals surface area contributed by atoms with Crippen molar-refractivity contribution in [1.29, 1.82) is 0 Å². The highest BCUT2D eigenvalue weighted by molar-refractivity contribution is 5.16. The van der Waals surface area contributed by atoms with Crippen LogP contribution in [0.1, 0.15) is 42.5 Å². The van der Waals surface area contributed by atoms with E-state index in [0.29, 0.717) is 39.0 Å². The summed E-state index contributed by atoms with van der Waals surface area (Å²) < 4.78 is 33.6. The molecule has 1 aliphatic rings. The molecule has 1 saturated heterocycles. The fourth-order valence-corrected chi connectivity index (χ4v) is 5.85. The van der Waals surface area contributed by atoms with Crippen molar-refractivity contribution in [3.05, 3.63) is 156 Å². The van der Waals surface area contributed by atoms with Gasteiger partial charge < -0.3 is 23.7 Å². The number of ether oxygens (including phenoxy) is 5. The first-order chi connectivity index (χ1) is 22.2. The molecular formula is C40H46O5. The summed E-state index contributed by atoms with van der Waals surface area (Å²) in [6, 6.07) is 41.0. The van der Waals surface area contributed by atoms with Gasteiger partial charge in [-0.25, -0.2) is 0 Å². The second-order valence-corrected chi connectivity index (χ2v) is 11.7. The van der Waals surface area contributed by atoms with Crippen LogP contribution in [0.15, 0.2) is 133 Å². The minimum absolute atomic E-state index is 0.220. The van der Waals surface area contributed by atoms with E-state index >= 15 is 0 Å². The van der Waals surface area contributed by atoms with Crippen molar-refractivity contribution >= 4 is 0 Å². The summed E-state index contributed by atoms with van der Waals surface area (Å²) in [4.78, 5) is 0. The van der Waals surface area contributed by atoms with Crippen LogP contribution in [0.4, 0.5) is 0 Å². The molecule has 1 aliphatic heterocycles. The molecule has 5 nitrogen and oxygen atoms in total. The summed E-state index contributed by atoms with van der Waals surface area (Å²) in [5.41, 5.74) is 4.42. The molecule has 236 valence electrons. The van der Waals surface area contributed by atoms with Crippen molar-refractivity contribution in [2.45, 2.75) is 77.2 Å². The third kappa shape index (κ3) is 10.2. The topological polar surface area (TPSA) is 46.2 Å². The molecule has 0 amide bonds. The van der Waals surface area contributed by atoms with Gasteiger partial charge in [-0.2, -0.15) is 0 Å². The Hall–Kier alpha value is -3.58. The molecule has 5 rings (SSSR count). The predicted molar refractivity (Wildman–Crippen MR) is 178 cm³/mol. The number of hydrogen-bond donors (Lipinski definition) is 0. The van der Waals surface area contributed by atoms with E-state index in [-0.39, 0.29) is 24.4 Å². The van der Waals surface area contributed by atoms with Crippen molar-refractivity contribution in [2.75, 3.05) is 6.61 Å². The Balaban J connectivity index is 1.44. The third-order valence-corrected chi connectivity index (χ3v) is 8.10. The smallest absolute Gasteiger partial charge is 0.115 e. The lowest BCUT2D eigenvalue weighted by Gasteiger charge is -2.47. The van der Waals surface area contributed by atoms with Gasteiger partial charge in [0.1, 0.15) is 24.4 Å². The average molecular weight is 607 g/mol. The molecule has 0 saturated carbocycles. The van der Waals surface area contributed by atoms with Crippen molar-refractivity contribution < 1.29 is 23.7 Å². The standard InChI is InChI=1S/C40H46O5/c1-3-16-31(2)25-36-38(42-27-33-19-10-5-11-20-33)40(44-29-35-23-14-7-15-24-35)39(43-28-34-21-12-6-13-22-34)37(45-36)30-41-26-32-17-8-4-9-18-32/h3-24,31,36-40H,25-30H2,1-2H3/b16-3-/t31?,36-,37+,38-,39+,40+/m0/s1. The van der Waals surface area contributed by atoms with E-state index in [2.05, 4.69) is 74.5 Å². The lowest BCUT2D eigenvalue weighted by Crippen LogP contribution is -2.61. The molecule has 4 aromatic carbocycles. The Kier molecular flexibility index (Phi) is 13.0. The lowest BCUT2D eigenvalue weighted by atomic mass is 9.89. The van der Waals surface area contributed by atoms with Crippen LogP contribution in [0.5, 0.6) is 0 Å². The van der Waals surface area contributed by atoms with Crippen LogP contribution in [0.2, 0.25) is 0 Å². The monoisotopic (exact) mass is 606 g/mol. The Morgan fingerprint density at radius 3 is 1.40 bits per heavy atom. The average Bonchev–Trinajstić information content (AvgIpc) is 3.08. The van der Waals surface area contributed by atoms with E-state index in [1.807, 2.05) is 72.8 Å². The zero-order chi connectivity index (χ0) is 31.1. The zero-order valence-electron chi connectivity index (χ0n) is 26.4. The van der Waals surface area contributed by atoms with Gasteiger partial charge in [0.05, 0.1) is 39.1 Å². The molecule has 0 bridgehead atoms. The van der Waals surface area contributed by atoms with Crippen LogP contribution in [-0.2, 0) is 50.1 Å². The maximum Gasteiger partial charge on any atom is 0.115 e. The van der Waals surface area contributed by atoms with E-state index in [4.69, 9.17) is 23.7 Å².